The predicted molar refractivity (Wildman–Crippen MR) is 108 cm³/mol. The van der Waals surface area contributed by atoms with Crippen LogP contribution in [-0.4, -0.2) is 19.0 Å². The Morgan fingerprint density at radius 1 is 0.846 bits per heavy atom. The van der Waals surface area contributed by atoms with Gasteiger partial charge in [-0.2, -0.15) is 0 Å². The third-order valence-corrected chi connectivity index (χ3v) is 4.06. The lowest BCUT2D eigenvalue weighted by Crippen LogP contribution is -2.12. The number of carbonyl (C=O) groups is 1. The zero-order chi connectivity index (χ0) is 19.4. The molecule has 142 valence electrons. The zero-order valence-electron chi connectivity index (χ0n) is 16.7. The third-order valence-electron chi connectivity index (χ3n) is 4.06. The second kappa shape index (κ2) is 12.1. The number of methoxy groups -OCH3 is 1. The Kier molecular flexibility index (Phi) is 10.1. The van der Waals surface area contributed by atoms with Gasteiger partial charge in [0.15, 0.2) is 17.3 Å². The molecule has 1 aliphatic carbocycles. The van der Waals surface area contributed by atoms with Crippen molar-refractivity contribution in [1.82, 2.24) is 0 Å². The summed E-state index contributed by atoms with van der Waals surface area (Å²) in [7, 11) is 1.62. The van der Waals surface area contributed by atoms with Gasteiger partial charge in [0.25, 0.3) is 0 Å². The Hall–Kier alpha value is -2.29. The lowest BCUT2D eigenvalue weighted by Gasteiger charge is -2.16. The minimum Gasteiger partial charge on any atom is -0.493 e. The molecule has 0 amide bonds. The van der Waals surface area contributed by atoms with Crippen LogP contribution in [0.4, 0.5) is 0 Å². The van der Waals surface area contributed by atoms with Crippen LogP contribution in [0.3, 0.4) is 0 Å². The van der Waals surface area contributed by atoms with Crippen LogP contribution in [-0.2, 0) is 0 Å². The first-order chi connectivity index (χ1) is 12.8. The third kappa shape index (κ3) is 5.91. The van der Waals surface area contributed by atoms with Crippen molar-refractivity contribution in [2.75, 3.05) is 7.11 Å². The summed E-state index contributed by atoms with van der Waals surface area (Å²) in [5.74, 6) is 1.34. The molecule has 1 saturated carbocycles. The second-order valence-corrected chi connectivity index (χ2v) is 5.59. The number of hydrogen-bond donors (Lipinski definition) is 0. The molecule has 3 nitrogen and oxygen atoms in total. The van der Waals surface area contributed by atoms with Crippen molar-refractivity contribution in [3.8, 4) is 11.5 Å². The number of rotatable bonds is 5. The SMILES string of the molecule is CC.CC.COc1ccc(C(=O)c2ccccc2)cc1OC1CCCC1. The molecule has 2 aromatic carbocycles. The molecule has 0 bridgehead atoms. The molecule has 0 N–H and O–H groups in total. The Bertz CT molecular complexity index is 644. The minimum absolute atomic E-state index is 0.000440. The Labute approximate surface area is 158 Å². The average molecular weight is 357 g/mol. The molecule has 0 unspecified atom stereocenters. The number of hydrogen-bond acceptors (Lipinski definition) is 3. The van der Waals surface area contributed by atoms with E-state index in [1.54, 1.807) is 25.3 Å². The van der Waals surface area contributed by atoms with Crippen molar-refractivity contribution < 1.29 is 14.3 Å². The quantitative estimate of drug-likeness (QED) is 0.590. The van der Waals surface area contributed by atoms with Gasteiger partial charge in [0, 0.05) is 11.1 Å². The van der Waals surface area contributed by atoms with E-state index in [-0.39, 0.29) is 11.9 Å². The Morgan fingerprint density at radius 3 is 2.04 bits per heavy atom. The molecule has 1 fully saturated rings. The summed E-state index contributed by atoms with van der Waals surface area (Å²) in [6.07, 6.45) is 4.78. The molecule has 0 heterocycles. The van der Waals surface area contributed by atoms with E-state index in [2.05, 4.69) is 0 Å². The van der Waals surface area contributed by atoms with Crippen LogP contribution in [0.5, 0.6) is 11.5 Å². The molecule has 2 aromatic rings. The maximum atomic E-state index is 12.5. The largest absolute Gasteiger partial charge is 0.493 e. The molecule has 26 heavy (non-hydrogen) atoms. The van der Waals surface area contributed by atoms with Crippen molar-refractivity contribution in [3.05, 3.63) is 59.7 Å². The maximum absolute atomic E-state index is 12.5. The molecule has 0 atom stereocenters. The molecule has 0 aliphatic heterocycles. The number of ketones is 1. The van der Waals surface area contributed by atoms with Crippen molar-refractivity contribution in [2.24, 2.45) is 0 Å². The Morgan fingerprint density at radius 2 is 1.46 bits per heavy atom. The fourth-order valence-electron chi connectivity index (χ4n) is 2.85. The molecule has 1 aliphatic rings. The van der Waals surface area contributed by atoms with Crippen molar-refractivity contribution >= 4 is 5.78 Å². The van der Waals surface area contributed by atoms with Crippen LogP contribution in [0.2, 0.25) is 0 Å². The molecule has 3 rings (SSSR count). The molecule has 0 aromatic heterocycles. The van der Waals surface area contributed by atoms with Gasteiger partial charge >= 0.3 is 0 Å². The van der Waals surface area contributed by atoms with Crippen LogP contribution < -0.4 is 9.47 Å². The van der Waals surface area contributed by atoms with E-state index in [4.69, 9.17) is 9.47 Å². The van der Waals surface area contributed by atoms with Crippen molar-refractivity contribution in [2.45, 2.75) is 59.5 Å². The second-order valence-electron chi connectivity index (χ2n) is 5.59. The van der Waals surface area contributed by atoms with E-state index in [0.717, 1.165) is 12.8 Å². The summed E-state index contributed by atoms with van der Waals surface area (Å²) in [6.45, 7) is 8.00. The number of ether oxygens (including phenoxy) is 2. The van der Waals surface area contributed by atoms with Gasteiger partial charge in [-0.15, -0.1) is 0 Å². The number of benzene rings is 2. The highest BCUT2D eigenvalue weighted by atomic mass is 16.5. The lowest BCUT2D eigenvalue weighted by atomic mass is 10.0. The van der Waals surface area contributed by atoms with E-state index >= 15 is 0 Å². The summed E-state index contributed by atoms with van der Waals surface area (Å²) in [5.41, 5.74) is 1.31. The summed E-state index contributed by atoms with van der Waals surface area (Å²) >= 11 is 0. The van der Waals surface area contributed by atoms with Gasteiger partial charge in [-0.1, -0.05) is 58.0 Å². The van der Waals surface area contributed by atoms with E-state index in [1.807, 2.05) is 58.0 Å². The van der Waals surface area contributed by atoms with E-state index in [0.29, 0.717) is 22.6 Å². The van der Waals surface area contributed by atoms with Crippen LogP contribution in [0, 0.1) is 0 Å². The van der Waals surface area contributed by atoms with Crippen LogP contribution in [0.1, 0.15) is 69.3 Å². The van der Waals surface area contributed by atoms with Crippen LogP contribution >= 0.6 is 0 Å². The molecular formula is C23H32O3. The lowest BCUT2D eigenvalue weighted by molar-refractivity contribution is 0.103. The summed E-state index contributed by atoms with van der Waals surface area (Å²) in [4.78, 5) is 12.5. The van der Waals surface area contributed by atoms with Gasteiger partial charge in [-0.25, -0.2) is 0 Å². The summed E-state index contributed by atoms with van der Waals surface area (Å²) < 4.78 is 11.4. The van der Waals surface area contributed by atoms with Crippen LogP contribution in [0.25, 0.3) is 0 Å². The first-order valence-corrected chi connectivity index (χ1v) is 9.72. The maximum Gasteiger partial charge on any atom is 0.193 e. The van der Waals surface area contributed by atoms with E-state index in [9.17, 15) is 4.79 Å². The minimum atomic E-state index is -0.000440. The van der Waals surface area contributed by atoms with Crippen LogP contribution in [0.15, 0.2) is 48.5 Å². The molecule has 0 radical (unpaired) electrons. The highest BCUT2D eigenvalue weighted by Gasteiger charge is 2.19. The molecular weight excluding hydrogens is 324 g/mol. The van der Waals surface area contributed by atoms with Gasteiger partial charge in [-0.3, -0.25) is 4.79 Å². The topological polar surface area (TPSA) is 35.5 Å². The van der Waals surface area contributed by atoms with E-state index in [1.165, 1.54) is 12.8 Å². The molecule has 0 spiro atoms. The normalized spacial score (nSPS) is 13.0. The fraction of sp³-hybridized carbons (Fsp3) is 0.435. The number of carbonyl (C=O) groups excluding carboxylic acids is 1. The zero-order valence-corrected chi connectivity index (χ0v) is 16.7. The predicted octanol–water partition coefficient (Wildman–Crippen LogP) is 6.30. The van der Waals surface area contributed by atoms with Gasteiger partial charge in [0.05, 0.1) is 13.2 Å². The highest BCUT2D eigenvalue weighted by molar-refractivity contribution is 6.09. The Balaban J connectivity index is 0.000000791. The first-order valence-electron chi connectivity index (χ1n) is 9.72. The van der Waals surface area contributed by atoms with Gasteiger partial charge in [0.2, 0.25) is 0 Å². The van der Waals surface area contributed by atoms with Crippen molar-refractivity contribution in [3.63, 3.8) is 0 Å². The summed E-state index contributed by atoms with van der Waals surface area (Å²) in [5, 5.41) is 0. The monoisotopic (exact) mass is 356 g/mol. The first kappa shape index (κ1) is 21.8. The summed E-state index contributed by atoms with van der Waals surface area (Å²) in [6, 6.07) is 14.7. The highest BCUT2D eigenvalue weighted by Crippen LogP contribution is 2.33. The average Bonchev–Trinajstić information content (AvgIpc) is 3.24. The molecule has 0 saturated heterocycles. The molecule has 3 heteroatoms. The standard InChI is InChI=1S/C19H20O3.2C2H6/c1-21-17-12-11-15(19(20)14-7-3-2-4-8-14)13-18(17)22-16-9-5-6-10-16;2*1-2/h2-4,7-8,11-13,16H,5-6,9-10H2,1H3;2*1-2H3. The van der Waals surface area contributed by atoms with Gasteiger partial charge in [-0.05, 0) is 43.9 Å². The van der Waals surface area contributed by atoms with E-state index < -0.39 is 0 Å². The fourth-order valence-corrected chi connectivity index (χ4v) is 2.85. The van der Waals surface area contributed by atoms with Gasteiger partial charge < -0.3 is 9.47 Å². The van der Waals surface area contributed by atoms with Crippen molar-refractivity contribution in [1.29, 1.82) is 0 Å². The smallest absolute Gasteiger partial charge is 0.193 e. The van der Waals surface area contributed by atoms with Gasteiger partial charge in [0.1, 0.15) is 0 Å².